The standard InChI is InChI=1S/C38H25N5O2/c1-39-33(35-34(40-2)29-15-9-10-16-30(29)45-35)25-17-19-27-28-20-18-26(22-32(28)44-31(27)21-25)38-42-36(23-11-5-3-6-12-23)41-37(43-38)24-13-7-4-8-14-24/h3-22H,2H2,1H3. The van der Waals surface area contributed by atoms with Gasteiger partial charge in [-0.05, 0) is 43.1 Å². The van der Waals surface area contributed by atoms with E-state index in [1.807, 2.05) is 109 Å². The summed E-state index contributed by atoms with van der Waals surface area (Å²) in [6.45, 7) is 3.78. The molecule has 8 rings (SSSR count). The lowest BCUT2D eigenvalue weighted by molar-refractivity contribution is 0.606. The van der Waals surface area contributed by atoms with Crippen molar-refractivity contribution in [1.29, 1.82) is 0 Å². The maximum Gasteiger partial charge on any atom is 0.179 e. The summed E-state index contributed by atoms with van der Waals surface area (Å²) in [5.41, 5.74) is 7.06. The quantitative estimate of drug-likeness (QED) is 0.182. The number of hydrogen-bond donors (Lipinski definition) is 0. The number of nitrogens with zero attached hydrogens (tertiary/aromatic N) is 5. The predicted octanol–water partition coefficient (Wildman–Crippen LogP) is 9.32. The van der Waals surface area contributed by atoms with Crippen molar-refractivity contribution in [2.45, 2.75) is 0 Å². The number of fused-ring (bicyclic) bond motifs is 4. The van der Waals surface area contributed by atoms with Crippen molar-refractivity contribution in [3.05, 3.63) is 133 Å². The zero-order valence-electron chi connectivity index (χ0n) is 24.3. The van der Waals surface area contributed by atoms with Crippen LogP contribution in [0.2, 0.25) is 0 Å². The van der Waals surface area contributed by atoms with Crippen LogP contribution >= 0.6 is 0 Å². The molecule has 0 bridgehead atoms. The molecular formula is C38H25N5O2. The molecule has 3 heterocycles. The van der Waals surface area contributed by atoms with E-state index in [2.05, 4.69) is 28.8 Å². The average molecular weight is 584 g/mol. The molecule has 0 amide bonds. The fraction of sp³-hybridized carbons (Fsp3) is 0.0263. The molecule has 0 aliphatic carbocycles. The molecule has 0 radical (unpaired) electrons. The highest BCUT2D eigenvalue weighted by Crippen LogP contribution is 2.37. The van der Waals surface area contributed by atoms with Crippen LogP contribution in [-0.2, 0) is 0 Å². The molecule has 0 saturated heterocycles. The average Bonchev–Trinajstić information content (AvgIpc) is 3.66. The van der Waals surface area contributed by atoms with E-state index < -0.39 is 0 Å². The lowest BCUT2D eigenvalue weighted by Crippen LogP contribution is -2.02. The molecule has 0 saturated carbocycles. The van der Waals surface area contributed by atoms with Gasteiger partial charge in [0.15, 0.2) is 23.2 Å². The van der Waals surface area contributed by atoms with E-state index >= 15 is 0 Å². The second-order valence-electron chi connectivity index (χ2n) is 10.6. The van der Waals surface area contributed by atoms with Gasteiger partial charge < -0.3 is 8.83 Å². The van der Waals surface area contributed by atoms with Crippen molar-refractivity contribution in [3.8, 4) is 34.2 Å². The molecule has 0 aliphatic rings. The van der Waals surface area contributed by atoms with Crippen molar-refractivity contribution < 1.29 is 8.83 Å². The Bertz CT molecular complexity index is 2350. The highest BCUT2D eigenvalue weighted by Gasteiger charge is 2.21. The van der Waals surface area contributed by atoms with Crippen molar-refractivity contribution in [2.24, 2.45) is 9.98 Å². The Morgan fingerprint density at radius 2 is 1.13 bits per heavy atom. The van der Waals surface area contributed by atoms with Crippen LogP contribution in [0, 0.1) is 0 Å². The Hall–Kier alpha value is -6.21. The van der Waals surface area contributed by atoms with E-state index in [1.54, 1.807) is 7.05 Å². The van der Waals surface area contributed by atoms with E-state index in [0.717, 1.165) is 55.2 Å². The van der Waals surface area contributed by atoms with E-state index in [-0.39, 0.29) is 0 Å². The molecule has 0 spiro atoms. The molecule has 3 aromatic heterocycles. The fourth-order valence-corrected chi connectivity index (χ4v) is 5.71. The van der Waals surface area contributed by atoms with Gasteiger partial charge in [0, 0.05) is 45.5 Å². The number of hydrogen-bond acceptors (Lipinski definition) is 7. The molecule has 7 nitrogen and oxygen atoms in total. The summed E-state index contributed by atoms with van der Waals surface area (Å²) < 4.78 is 12.6. The minimum atomic E-state index is 0.570. The van der Waals surface area contributed by atoms with Crippen LogP contribution in [0.1, 0.15) is 11.3 Å². The van der Waals surface area contributed by atoms with E-state index in [1.165, 1.54) is 0 Å². The van der Waals surface area contributed by atoms with Crippen LogP contribution in [0.15, 0.2) is 140 Å². The summed E-state index contributed by atoms with van der Waals surface area (Å²) in [7, 11) is 1.74. The molecule has 214 valence electrons. The first kappa shape index (κ1) is 26.4. The number of aromatic nitrogens is 3. The Kier molecular flexibility index (Phi) is 6.35. The third kappa shape index (κ3) is 4.58. The molecule has 0 fully saturated rings. The minimum Gasteiger partial charge on any atom is -0.456 e. The van der Waals surface area contributed by atoms with Gasteiger partial charge >= 0.3 is 0 Å². The van der Waals surface area contributed by atoms with E-state index in [4.69, 9.17) is 23.8 Å². The first-order valence-electron chi connectivity index (χ1n) is 14.5. The van der Waals surface area contributed by atoms with Gasteiger partial charge in [-0.2, -0.15) is 0 Å². The maximum absolute atomic E-state index is 6.44. The highest BCUT2D eigenvalue weighted by atomic mass is 16.3. The van der Waals surface area contributed by atoms with Crippen molar-refractivity contribution in [1.82, 2.24) is 15.0 Å². The monoisotopic (exact) mass is 583 g/mol. The van der Waals surface area contributed by atoms with Crippen LogP contribution in [0.5, 0.6) is 0 Å². The van der Waals surface area contributed by atoms with Gasteiger partial charge in [0.05, 0.1) is 0 Å². The number of benzene rings is 5. The number of furan rings is 2. The van der Waals surface area contributed by atoms with Gasteiger partial charge in [-0.3, -0.25) is 9.98 Å². The topological polar surface area (TPSA) is 89.7 Å². The van der Waals surface area contributed by atoms with Gasteiger partial charge in [-0.1, -0.05) is 84.9 Å². The second kappa shape index (κ2) is 10.8. The van der Waals surface area contributed by atoms with Gasteiger partial charge in [0.2, 0.25) is 0 Å². The highest BCUT2D eigenvalue weighted by molar-refractivity contribution is 6.19. The van der Waals surface area contributed by atoms with Crippen LogP contribution in [-0.4, -0.2) is 34.4 Å². The largest absolute Gasteiger partial charge is 0.456 e. The van der Waals surface area contributed by atoms with Crippen molar-refractivity contribution >= 4 is 51.0 Å². The molecule has 0 unspecified atom stereocenters. The summed E-state index contributed by atoms with van der Waals surface area (Å²) in [4.78, 5) is 23.4. The molecule has 0 aliphatic heterocycles. The molecular weight excluding hydrogens is 558 g/mol. The number of para-hydroxylation sites is 1. The Balaban J connectivity index is 1.23. The third-order valence-corrected chi connectivity index (χ3v) is 7.87. The summed E-state index contributed by atoms with van der Waals surface area (Å²) in [5, 5.41) is 2.88. The molecule has 45 heavy (non-hydrogen) atoms. The lowest BCUT2D eigenvalue weighted by Gasteiger charge is -2.08. The van der Waals surface area contributed by atoms with Crippen LogP contribution in [0.3, 0.4) is 0 Å². The third-order valence-electron chi connectivity index (χ3n) is 7.87. The van der Waals surface area contributed by atoms with E-state index in [9.17, 15) is 0 Å². The zero-order valence-corrected chi connectivity index (χ0v) is 24.3. The SMILES string of the molecule is C=Nc1c(C(=NC)c2ccc3c(c2)oc2cc(-c4nc(-c5ccccc5)nc(-c5ccccc5)n4)ccc23)oc2ccccc12. The first-order valence-corrected chi connectivity index (χ1v) is 14.5. The molecule has 7 heteroatoms. The Morgan fingerprint density at radius 1 is 0.556 bits per heavy atom. The van der Waals surface area contributed by atoms with Gasteiger partial charge in [-0.25, -0.2) is 15.0 Å². The molecule has 0 atom stereocenters. The molecule has 5 aromatic carbocycles. The number of aliphatic imine (C=N–C) groups is 2. The number of rotatable bonds is 6. The second-order valence-corrected chi connectivity index (χ2v) is 10.6. The van der Waals surface area contributed by atoms with Crippen LogP contribution in [0.4, 0.5) is 5.69 Å². The predicted molar refractivity (Wildman–Crippen MR) is 180 cm³/mol. The van der Waals surface area contributed by atoms with Crippen molar-refractivity contribution in [2.75, 3.05) is 7.05 Å². The normalized spacial score (nSPS) is 11.9. The summed E-state index contributed by atoms with van der Waals surface area (Å²) in [5.74, 6) is 2.36. The van der Waals surface area contributed by atoms with Gasteiger partial charge in [0.1, 0.15) is 28.1 Å². The van der Waals surface area contributed by atoms with Crippen LogP contribution < -0.4 is 0 Å². The van der Waals surface area contributed by atoms with Gasteiger partial charge in [0.25, 0.3) is 0 Å². The minimum absolute atomic E-state index is 0.570. The summed E-state index contributed by atoms with van der Waals surface area (Å²) in [6, 6.07) is 39.8. The van der Waals surface area contributed by atoms with E-state index in [0.29, 0.717) is 34.6 Å². The summed E-state index contributed by atoms with van der Waals surface area (Å²) >= 11 is 0. The first-order chi connectivity index (χ1) is 22.2. The van der Waals surface area contributed by atoms with Crippen molar-refractivity contribution in [3.63, 3.8) is 0 Å². The van der Waals surface area contributed by atoms with Crippen LogP contribution in [0.25, 0.3) is 67.1 Å². The fourth-order valence-electron chi connectivity index (χ4n) is 5.71. The maximum atomic E-state index is 6.44. The molecule has 8 aromatic rings. The Morgan fingerprint density at radius 3 is 1.78 bits per heavy atom. The Labute approximate surface area is 258 Å². The van der Waals surface area contributed by atoms with Gasteiger partial charge in [-0.15, -0.1) is 0 Å². The smallest absolute Gasteiger partial charge is 0.179 e. The zero-order chi connectivity index (χ0) is 30.3. The lowest BCUT2D eigenvalue weighted by atomic mass is 10.0. The summed E-state index contributed by atoms with van der Waals surface area (Å²) in [6.07, 6.45) is 0. The molecule has 0 N–H and O–H groups in total.